The van der Waals surface area contributed by atoms with Crippen molar-refractivity contribution in [3.63, 3.8) is 0 Å². The second-order valence-electron chi connectivity index (χ2n) is 5.87. The number of aliphatic carboxylic acids is 1. The van der Waals surface area contributed by atoms with Crippen LogP contribution in [0.4, 0.5) is 4.39 Å². The van der Waals surface area contributed by atoms with Gasteiger partial charge in [-0.05, 0) is 61.7 Å². The fourth-order valence-electron chi connectivity index (χ4n) is 2.44. The van der Waals surface area contributed by atoms with Gasteiger partial charge < -0.3 is 15.2 Å². The maximum atomic E-state index is 13.7. The van der Waals surface area contributed by atoms with Crippen molar-refractivity contribution in [1.82, 2.24) is 5.32 Å². The molecule has 2 N–H and O–H groups in total. The van der Waals surface area contributed by atoms with Crippen molar-refractivity contribution in [2.45, 2.75) is 26.8 Å². The number of rotatable bonds is 6. The highest BCUT2D eigenvalue weighted by atomic mass is 19.1. The van der Waals surface area contributed by atoms with Crippen LogP contribution < -0.4 is 10.1 Å². The van der Waals surface area contributed by atoms with E-state index in [2.05, 4.69) is 5.32 Å². The van der Waals surface area contributed by atoms with Gasteiger partial charge in [-0.1, -0.05) is 12.1 Å². The average molecular weight is 345 g/mol. The number of carboxylic acids is 1. The topological polar surface area (TPSA) is 75.6 Å². The molecule has 0 heterocycles. The Morgan fingerprint density at radius 1 is 1.16 bits per heavy atom. The molecule has 0 aliphatic carbocycles. The van der Waals surface area contributed by atoms with Gasteiger partial charge >= 0.3 is 5.97 Å². The van der Waals surface area contributed by atoms with Crippen LogP contribution in [0.1, 0.15) is 40.0 Å². The van der Waals surface area contributed by atoms with Gasteiger partial charge in [0.2, 0.25) is 0 Å². The number of nitrogens with one attached hydrogen (secondary N) is 1. The standard InChI is InChI=1S/C19H20FNO4/c1-11-8-15(9-12(2)18(11)20)19(24)21-13(3)14-4-6-16(7-5-14)25-10-17(22)23/h4-9,13H,10H2,1-3H3,(H,21,24)(H,22,23). The Balaban J connectivity index is 2.05. The second-order valence-corrected chi connectivity index (χ2v) is 5.87. The summed E-state index contributed by atoms with van der Waals surface area (Å²) >= 11 is 0. The van der Waals surface area contributed by atoms with Crippen LogP contribution >= 0.6 is 0 Å². The van der Waals surface area contributed by atoms with Crippen LogP contribution in [0.5, 0.6) is 5.75 Å². The molecule has 2 aromatic carbocycles. The summed E-state index contributed by atoms with van der Waals surface area (Å²) in [6.07, 6.45) is 0. The van der Waals surface area contributed by atoms with Crippen molar-refractivity contribution in [1.29, 1.82) is 0 Å². The lowest BCUT2D eigenvalue weighted by molar-refractivity contribution is -0.139. The molecule has 0 saturated carbocycles. The summed E-state index contributed by atoms with van der Waals surface area (Å²) in [6.45, 7) is 4.67. The van der Waals surface area contributed by atoms with Gasteiger partial charge in [-0.25, -0.2) is 9.18 Å². The minimum Gasteiger partial charge on any atom is -0.482 e. The molecule has 0 radical (unpaired) electrons. The van der Waals surface area contributed by atoms with E-state index in [9.17, 15) is 14.0 Å². The summed E-state index contributed by atoms with van der Waals surface area (Å²) in [5.74, 6) is -1.20. The molecule has 1 unspecified atom stereocenters. The minimum absolute atomic E-state index is 0.272. The number of benzene rings is 2. The van der Waals surface area contributed by atoms with Gasteiger partial charge in [-0.2, -0.15) is 0 Å². The van der Waals surface area contributed by atoms with Crippen LogP contribution in [-0.2, 0) is 4.79 Å². The van der Waals surface area contributed by atoms with Crippen LogP contribution in [-0.4, -0.2) is 23.6 Å². The molecule has 0 spiro atoms. The Bertz CT molecular complexity index is 764. The predicted octanol–water partition coefficient (Wildman–Crippen LogP) is 3.40. The molecule has 0 aliphatic rings. The van der Waals surface area contributed by atoms with Crippen LogP contribution in [0.15, 0.2) is 36.4 Å². The molecule has 132 valence electrons. The van der Waals surface area contributed by atoms with Gasteiger partial charge in [0.25, 0.3) is 5.91 Å². The highest BCUT2D eigenvalue weighted by molar-refractivity contribution is 5.94. The van der Waals surface area contributed by atoms with E-state index in [-0.39, 0.29) is 17.8 Å². The zero-order valence-electron chi connectivity index (χ0n) is 14.3. The maximum absolute atomic E-state index is 13.7. The van der Waals surface area contributed by atoms with Gasteiger partial charge in [0.15, 0.2) is 6.61 Å². The largest absolute Gasteiger partial charge is 0.482 e. The van der Waals surface area contributed by atoms with E-state index in [4.69, 9.17) is 9.84 Å². The number of ether oxygens (including phenoxy) is 1. The van der Waals surface area contributed by atoms with E-state index < -0.39 is 12.6 Å². The Morgan fingerprint density at radius 3 is 2.24 bits per heavy atom. The van der Waals surface area contributed by atoms with Crippen molar-refractivity contribution in [3.05, 3.63) is 64.5 Å². The molecule has 0 fully saturated rings. The summed E-state index contributed by atoms with van der Waals surface area (Å²) in [5.41, 5.74) is 2.10. The fraction of sp³-hybridized carbons (Fsp3) is 0.263. The minimum atomic E-state index is -1.05. The number of hydrogen-bond acceptors (Lipinski definition) is 3. The number of carbonyl (C=O) groups is 2. The zero-order chi connectivity index (χ0) is 18.6. The average Bonchev–Trinajstić information content (AvgIpc) is 2.57. The molecule has 0 bridgehead atoms. The zero-order valence-corrected chi connectivity index (χ0v) is 14.3. The molecule has 0 aliphatic heterocycles. The SMILES string of the molecule is Cc1cc(C(=O)NC(C)c2ccc(OCC(=O)O)cc2)cc(C)c1F. The Kier molecular flexibility index (Phi) is 5.75. The van der Waals surface area contributed by atoms with Crippen LogP contribution in [0.2, 0.25) is 0 Å². The third kappa shape index (κ3) is 4.79. The molecular formula is C19H20FNO4. The van der Waals surface area contributed by atoms with E-state index in [0.717, 1.165) is 5.56 Å². The first-order valence-corrected chi connectivity index (χ1v) is 7.80. The number of hydrogen-bond donors (Lipinski definition) is 2. The van der Waals surface area contributed by atoms with Crippen LogP contribution in [0, 0.1) is 19.7 Å². The molecule has 1 amide bonds. The third-order valence-corrected chi connectivity index (χ3v) is 3.79. The number of amides is 1. The lowest BCUT2D eigenvalue weighted by atomic mass is 10.0. The van der Waals surface area contributed by atoms with E-state index in [1.807, 2.05) is 6.92 Å². The molecule has 5 nitrogen and oxygen atoms in total. The predicted molar refractivity (Wildman–Crippen MR) is 91.3 cm³/mol. The highest BCUT2D eigenvalue weighted by Crippen LogP contribution is 2.19. The summed E-state index contributed by atoms with van der Waals surface area (Å²) in [4.78, 5) is 22.8. The van der Waals surface area contributed by atoms with E-state index in [1.165, 1.54) is 12.1 Å². The summed E-state index contributed by atoms with van der Waals surface area (Å²) in [5, 5.41) is 11.4. The number of aryl methyl sites for hydroxylation is 2. The van der Waals surface area contributed by atoms with Gasteiger partial charge in [-0.15, -0.1) is 0 Å². The smallest absolute Gasteiger partial charge is 0.341 e. The normalized spacial score (nSPS) is 11.7. The van der Waals surface area contributed by atoms with Gasteiger partial charge in [0.05, 0.1) is 6.04 Å². The van der Waals surface area contributed by atoms with Crippen LogP contribution in [0.3, 0.4) is 0 Å². The van der Waals surface area contributed by atoms with Gasteiger partial charge in [0.1, 0.15) is 11.6 Å². The number of carboxylic acid groups (broad SMARTS) is 1. The molecule has 1 atom stereocenters. The van der Waals surface area contributed by atoms with Crippen molar-refractivity contribution in [2.24, 2.45) is 0 Å². The van der Waals surface area contributed by atoms with Crippen molar-refractivity contribution in [3.8, 4) is 5.75 Å². The molecule has 0 saturated heterocycles. The lowest BCUT2D eigenvalue weighted by Crippen LogP contribution is -2.26. The maximum Gasteiger partial charge on any atom is 0.341 e. The Hall–Kier alpha value is -2.89. The highest BCUT2D eigenvalue weighted by Gasteiger charge is 2.14. The number of halogens is 1. The molecule has 25 heavy (non-hydrogen) atoms. The molecule has 2 aromatic rings. The fourth-order valence-corrected chi connectivity index (χ4v) is 2.44. The van der Waals surface area contributed by atoms with Gasteiger partial charge in [0, 0.05) is 5.56 Å². The van der Waals surface area contributed by atoms with E-state index in [0.29, 0.717) is 22.4 Å². The Morgan fingerprint density at radius 2 is 1.72 bits per heavy atom. The quantitative estimate of drug-likeness (QED) is 0.841. The van der Waals surface area contributed by atoms with Crippen molar-refractivity contribution < 1.29 is 23.8 Å². The second kappa shape index (κ2) is 7.79. The van der Waals surface area contributed by atoms with Crippen molar-refractivity contribution >= 4 is 11.9 Å². The third-order valence-electron chi connectivity index (χ3n) is 3.79. The molecular weight excluding hydrogens is 325 g/mol. The first-order chi connectivity index (χ1) is 11.8. The first kappa shape index (κ1) is 18.4. The first-order valence-electron chi connectivity index (χ1n) is 7.80. The van der Waals surface area contributed by atoms with Gasteiger partial charge in [-0.3, -0.25) is 4.79 Å². The Labute approximate surface area is 145 Å². The van der Waals surface area contributed by atoms with Crippen molar-refractivity contribution in [2.75, 3.05) is 6.61 Å². The summed E-state index contributed by atoms with van der Waals surface area (Å²) in [7, 11) is 0. The molecule has 2 rings (SSSR count). The lowest BCUT2D eigenvalue weighted by Gasteiger charge is -2.16. The molecule has 0 aromatic heterocycles. The van der Waals surface area contributed by atoms with Crippen LogP contribution in [0.25, 0.3) is 0 Å². The van der Waals surface area contributed by atoms with E-state index >= 15 is 0 Å². The monoisotopic (exact) mass is 345 g/mol. The number of carbonyl (C=O) groups excluding carboxylic acids is 1. The summed E-state index contributed by atoms with van der Waals surface area (Å²) in [6, 6.07) is 9.57. The molecule has 6 heteroatoms. The van der Waals surface area contributed by atoms with E-state index in [1.54, 1.807) is 38.1 Å². The summed E-state index contributed by atoms with van der Waals surface area (Å²) < 4.78 is 18.7.